The Bertz CT molecular complexity index is 1100. The number of hydrogen-bond acceptors (Lipinski definition) is 9. The fourth-order valence-corrected chi connectivity index (χ4v) is 3.42. The first-order valence-electron chi connectivity index (χ1n) is 10.1. The van der Waals surface area contributed by atoms with Gasteiger partial charge in [0.05, 0.1) is 6.04 Å². The molecule has 1 amide bonds. The summed E-state index contributed by atoms with van der Waals surface area (Å²) in [6, 6.07) is 5.03. The minimum atomic E-state index is -1.30. The van der Waals surface area contributed by atoms with E-state index in [2.05, 4.69) is 25.9 Å². The summed E-state index contributed by atoms with van der Waals surface area (Å²) in [7, 11) is 1.79. The lowest BCUT2D eigenvalue weighted by molar-refractivity contribution is -0.140. The smallest absolute Gasteiger partial charge is 0.326 e. The van der Waals surface area contributed by atoms with Gasteiger partial charge in [0, 0.05) is 37.8 Å². The van der Waals surface area contributed by atoms with E-state index in [1.165, 1.54) is 12.1 Å². The maximum atomic E-state index is 12.3. The highest BCUT2D eigenvalue weighted by Crippen LogP contribution is 2.25. The van der Waals surface area contributed by atoms with Crippen LogP contribution >= 0.6 is 0 Å². The third-order valence-electron chi connectivity index (χ3n) is 5.26. The zero-order valence-electron chi connectivity index (χ0n) is 17.8. The number of fused-ring (bicyclic) bond motifs is 1. The van der Waals surface area contributed by atoms with Gasteiger partial charge in [0.25, 0.3) is 11.5 Å². The average molecular weight is 464 g/mol. The van der Waals surface area contributed by atoms with E-state index >= 15 is 0 Å². The highest BCUT2D eigenvalue weighted by Gasteiger charge is 2.27. The van der Waals surface area contributed by atoms with E-state index in [1.54, 1.807) is 19.2 Å². The van der Waals surface area contributed by atoms with E-state index in [1.807, 2.05) is 4.90 Å². The van der Waals surface area contributed by atoms with Gasteiger partial charge in [0.15, 0.2) is 5.82 Å². The SMILES string of the molecule is CN1c2c(nc(N)[nH]c2=O)NC[C@H]1CNc1ccc(C(=O)N[13C@@H]([13CH2][13CH2][13C](=O)O)[13C](=O)O)cc1. The Morgan fingerprint density at radius 2 is 1.97 bits per heavy atom. The van der Waals surface area contributed by atoms with Gasteiger partial charge in [-0.25, -0.2) is 4.79 Å². The Morgan fingerprint density at radius 1 is 1.27 bits per heavy atom. The summed E-state index contributed by atoms with van der Waals surface area (Å²) in [6.07, 6.45) is -0.586. The number of nitrogen functional groups attached to an aromatic ring is 1. The van der Waals surface area contributed by atoms with Crippen molar-refractivity contribution in [3.8, 4) is 0 Å². The molecule has 0 bridgehead atoms. The number of carbonyl (C=O) groups is 3. The van der Waals surface area contributed by atoms with Crippen molar-refractivity contribution in [2.24, 2.45) is 0 Å². The molecule has 33 heavy (non-hydrogen) atoms. The standard InChI is InChI=1S/C20H25N7O6/c1-27-12(9-23-16-15(27)18(31)26-20(21)25-16)8-22-11-4-2-10(3-5-11)17(30)24-13(19(32)33)6-7-14(28)29/h2-5,12-13,22H,6-9H2,1H3,(H,24,30)(H,28,29)(H,32,33)(H4,21,23,25,26,31)/t12-,13+/m1/s1/i6+1,7+1,13+1,14+1,19+1. The number of nitrogens with zero attached hydrogens (tertiary/aromatic N) is 2. The van der Waals surface area contributed by atoms with Gasteiger partial charge < -0.3 is 36.8 Å². The first-order chi connectivity index (χ1) is 15.7. The van der Waals surface area contributed by atoms with Crippen molar-refractivity contribution in [3.05, 3.63) is 40.2 Å². The van der Waals surface area contributed by atoms with Crippen LogP contribution in [0, 0.1) is 0 Å². The summed E-state index contributed by atoms with van der Waals surface area (Å²) in [5, 5.41) is 26.6. The Hall–Kier alpha value is -4.29. The number of hydrogen-bond donors (Lipinski definition) is 7. The lowest BCUT2D eigenvalue weighted by Gasteiger charge is -2.35. The number of H-pyrrole nitrogens is 1. The van der Waals surface area contributed by atoms with Crippen LogP contribution in [0.25, 0.3) is 0 Å². The predicted molar refractivity (Wildman–Crippen MR) is 121 cm³/mol. The molecule has 8 N–H and O–H groups in total. The molecule has 13 nitrogen and oxygen atoms in total. The number of aromatic amines is 1. The van der Waals surface area contributed by atoms with Crippen LogP contribution in [0.3, 0.4) is 0 Å². The monoisotopic (exact) mass is 464 g/mol. The maximum absolute atomic E-state index is 12.3. The number of amides is 1. The third-order valence-corrected chi connectivity index (χ3v) is 5.26. The number of carbonyl (C=O) groups excluding carboxylic acids is 1. The molecule has 1 aromatic carbocycles. The second-order valence-electron chi connectivity index (χ2n) is 7.55. The van der Waals surface area contributed by atoms with Gasteiger partial charge in [-0.05, 0) is 30.7 Å². The molecule has 176 valence electrons. The van der Waals surface area contributed by atoms with E-state index in [-0.39, 0.29) is 36.0 Å². The number of aliphatic carboxylic acids is 2. The molecule has 1 aliphatic rings. The van der Waals surface area contributed by atoms with Gasteiger partial charge in [0.2, 0.25) is 5.95 Å². The minimum Gasteiger partial charge on any atom is -0.481 e. The van der Waals surface area contributed by atoms with Crippen LogP contribution in [0.1, 0.15) is 23.2 Å². The first-order valence-corrected chi connectivity index (χ1v) is 10.1. The molecule has 13 heteroatoms. The normalized spacial score (nSPS) is 15.7. The fraction of sp³-hybridized carbons (Fsp3) is 0.350. The number of nitrogens with one attached hydrogen (secondary N) is 4. The Balaban J connectivity index is 1.58. The van der Waals surface area contributed by atoms with Crippen LogP contribution < -0.4 is 32.1 Å². The van der Waals surface area contributed by atoms with Crippen molar-refractivity contribution < 1.29 is 24.6 Å². The molecule has 0 spiro atoms. The topological polar surface area (TPSA) is 203 Å². The maximum Gasteiger partial charge on any atom is 0.326 e. The van der Waals surface area contributed by atoms with Crippen LogP contribution in [0.15, 0.2) is 29.1 Å². The molecule has 0 saturated heterocycles. The quantitative estimate of drug-likeness (QED) is 0.241. The molecule has 0 saturated carbocycles. The number of carboxylic acids is 2. The number of anilines is 4. The van der Waals surface area contributed by atoms with Crippen LogP contribution in [-0.2, 0) is 9.59 Å². The van der Waals surface area contributed by atoms with Gasteiger partial charge in [-0.1, -0.05) is 0 Å². The summed E-state index contributed by atoms with van der Waals surface area (Å²) in [4.78, 5) is 54.9. The number of likely N-dealkylation sites (N-methyl/N-ethyl adjacent to an activating group) is 1. The number of nitrogens with two attached hydrogens (primary N) is 1. The number of benzene rings is 1. The van der Waals surface area contributed by atoms with Gasteiger partial charge in [-0.3, -0.25) is 19.4 Å². The highest BCUT2D eigenvalue weighted by atomic mass is 16.5. The highest BCUT2D eigenvalue weighted by molar-refractivity contribution is 5.96. The minimum absolute atomic E-state index is 0.0388. The van der Waals surface area contributed by atoms with Crippen molar-refractivity contribution in [1.29, 1.82) is 0 Å². The summed E-state index contributed by atoms with van der Waals surface area (Å²) in [6.45, 7) is 1.01. The van der Waals surface area contributed by atoms with E-state index in [9.17, 15) is 24.3 Å². The van der Waals surface area contributed by atoms with Crippen LogP contribution in [0.5, 0.6) is 0 Å². The van der Waals surface area contributed by atoms with Gasteiger partial charge in [0.1, 0.15) is 11.7 Å². The van der Waals surface area contributed by atoms with Crippen LogP contribution in [0.4, 0.5) is 23.1 Å². The van der Waals surface area contributed by atoms with Crippen molar-refractivity contribution in [2.75, 3.05) is 41.4 Å². The molecule has 1 aliphatic heterocycles. The summed E-state index contributed by atoms with van der Waals surface area (Å²) < 4.78 is 0. The van der Waals surface area contributed by atoms with E-state index in [0.29, 0.717) is 24.6 Å². The molecule has 0 radical (unpaired) electrons. The molecule has 3 rings (SSSR count). The number of carboxylic acid groups (broad SMARTS) is 2. The summed E-state index contributed by atoms with van der Waals surface area (Å²) >= 11 is 0. The summed E-state index contributed by atoms with van der Waals surface area (Å²) in [5.74, 6) is -2.59. The summed E-state index contributed by atoms with van der Waals surface area (Å²) in [5.41, 5.74) is 6.59. The lowest BCUT2D eigenvalue weighted by Crippen LogP contribution is -2.48. The van der Waals surface area contributed by atoms with Crippen LogP contribution in [0.2, 0.25) is 0 Å². The van der Waals surface area contributed by atoms with Crippen molar-refractivity contribution >= 4 is 41.0 Å². The molecule has 0 unspecified atom stereocenters. The number of rotatable bonds is 9. The first kappa shape index (κ1) is 23.4. The Kier molecular flexibility index (Phi) is 7.00. The largest absolute Gasteiger partial charge is 0.481 e. The van der Waals surface area contributed by atoms with Gasteiger partial charge >= 0.3 is 11.9 Å². The van der Waals surface area contributed by atoms with Gasteiger partial charge in [-0.2, -0.15) is 4.98 Å². The molecular formula is C20H25N7O6. The molecule has 2 aromatic rings. The lowest BCUT2D eigenvalue weighted by atomic mass is 10.1. The van der Waals surface area contributed by atoms with Gasteiger partial charge in [-0.15, -0.1) is 0 Å². The zero-order valence-corrected chi connectivity index (χ0v) is 17.8. The van der Waals surface area contributed by atoms with E-state index < -0.39 is 23.9 Å². The molecule has 1 aromatic heterocycles. The molecule has 2 atom stereocenters. The average Bonchev–Trinajstić information content (AvgIpc) is 2.75. The Morgan fingerprint density at radius 3 is 2.61 bits per heavy atom. The molecule has 2 heterocycles. The van der Waals surface area contributed by atoms with Crippen LogP contribution in [-0.4, -0.2) is 70.2 Å². The van der Waals surface area contributed by atoms with Crippen molar-refractivity contribution in [1.82, 2.24) is 15.3 Å². The second-order valence-corrected chi connectivity index (χ2v) is 7.55. The second kappa shape index (κ2) is 9.89. The number of aromatic nitrogens is 2. The molecule has 0 aliphatic carbocycles. The molecule has 0 fully saturated rings. The predicted octanol–water partition coefficient (Wildman–Crippen LogP) is -0.258. The zero-order chi connectivity index (χ0) is 24.1. The Labute approximate surface area is 188 Å². The third kappa shape index (κ3) is 5.70. The van der Waals surface area contributed by atoms with E-state index in [0.717, 1.165) is 5.69 Å². The van der Waals surface area contributed by atoms with Crippen molar-refractivity contribution in [2.45, 2.75) is 24.9 Å². The van der Waals surface area contributed by atoms with E-state index in [4.69, 9.17) is 10.8 Å². The fourth-order valence-electron chi connectivity index (χ4n) is 3.42. The molecular weight excluding hydrogens is 439 g/mol. The van der Waals surface area contributed by atoms with Crippen molar-refractivity contribution in [3.63, 3.8) is 0 Å².